The van der Waals surface area contributed by atoms with E-state index in [0.717, 1.165) is 41.2 Å². The van der Waals surface area contributed by atoms with Crippen molar-refractivity contribution in [3.63, 3.8) is 0 Å². The number of pyridine rings is 2. The van der Waals surface area contributed by atoms with Crippen molar-refractivity contribution in [3.05, 3.63) is 60.0 Å². The Morgan fingerprint density at radius 1 is 1.12 bits per heavy atom. The lowest BCUT2D eigenvalue weighted by molar-refractivity contribution is 0.479. The zero-order valence-corrected chi connectivity index (χ0v) is 14.5. The minimum atomic E-state index is 0.363. The summed E-state index contributed by atoms with van der Waals surface area (Å²) in [5.74, 6) is 1.18. The Morgan fingerprint density at radius 3 is 2.88 bits per heavy atom. The van der Waals surface area contributed by atoms with Crippen LogP contribution in [-0.4, -0.2) is 29.5 Å². The molecule has 0 fully saturated rings. The van der Waals surface area contributed by atoms with Crippen LogP contribution in [0.4, 0.5) is 0 Å². The van der Waals surface area contributed by atoms with Gasteiger partial charge in [0.05, 0.1) is 17.5 Å². The van der Waals surface area contributed by atoms with E-state index in [1.54, 1.807) is 24.8 Å². The number of halogens is 1. The number of hydrogen-bond acceptors (Lipinski definition) is 4. The maximum atomic E-state index is 6.08. The van der Waals surface area contributed by atoms with E-state index >= 15 is 0 Å². The predicted molar refractivity (Wildman–Crippen MR) is 97.2 cm³/mol. The summed E-state index contributed by atoms with van der Waals surface area (Å²) in [4.78, 5) is 20.8. The van der Waals surface area contributed by atoms with Crippen molar-refractivity contribution >= 4 is 22.6 Å². The average molecular weight is 353 g/mol. The molecule has 1 unspecified atom stereocenters. The van der Waals surface area contributed by atoms with Gasteiger partial charge in [0.15, 0.2) is 5.82 Å². The lowest BCUT2D eigenvalue weighted by atomic mass is 10.0. The lowest BCUT2D eigenvalue weighted by Crippen LogP contribution is -2.12. The fraction of sp³-hybridized carbons (Fsp3) is 0.222. The molecule has 4 rings (SSSR count). The van der Waals surface area contributed by atoms with E-state index < -0.39 is 0 Å². The van der Waals surface area contributed by atoms with E-state index in [9.17, 15) is 0 Å². The zero-order valence-electron chi connectivity index (χ0n) is 13.7. The average Bonchev–Trinajstić information content (AvgIpc) is 3.24. The van der Waals surface area contributed by atoms with E-state index in [0.29, 0.717) is 10.9 Å². The number of H-pyrrole nitrogens is 1. The smallest absolute Gasteiger partial charge is 0.158 e. The fourth-order valence-corrected chi connectivity index (χ4v) is 3.18. The Labute approximate surface area is 149 Å². The second-order valence-electron chi connectivity index (χ2n) is 6.13. The molecule has 0 aliphatic rings. The highest BCUT2D eigenvalue weighted by Gasteiger charge is 2.14. The summed E-state index contributed by atoms with van der Waals surface area (Å²) >= 11 is 6.08. The maximum Gasteiger partial charge on any atom is 0.158 e. The van der Waals surface area contributed by atoms with E-state index in [-0.39, 0.29) is 0 Å². The van der Waals surface area contributed by atoms with Gasteiger partial charge in [-0.15, -0.1) is 0 Å². The number of rotatable bonds is 5. The monoisotopic (exact) mass is 352 g/mol. The molecule has 1 N–H and O–H groups in total. The number of nitrogens with one attached hydrogen (secondary N) is 1. The summed E-state index contributed by atoms with van der Waals surface area (Å²) in [5, 5.41) is 0.655. The second kappa shape index (κ2) is 6.64. The quantitative estimate of drug-likeness (QED) is 0.593. The number of fused-ring (bicyclic) bond motifs is 1. The van der Waals surface area contributed by atoms with Crippen LogP contribution in [0.2, 0.25) is 5.02 Å². The van der Waals surface area contributed by atoms with Crippen LogP contribution in [0.5, 0.6) is 0 Å². The van der Waals surface area contributed by atoms with Crippen LogP contribution >= 0.6 is 11.6 Å². The molecule has 0 aromatic carbocycles. The van der Waals surface area contributed by atoms with Gasteiger partial charge in [0, 0.05) is 36.4 Å². The van der Waals surface area contributed by atoms with Gasteiger partial charge in [-0.1, -0.05) is 18.5 Å². The fourth-order valence-electron chi connectivity index (χ4n) is 3.02. The van der Waals surface area contributed by atoms with Crippen molar-refractivity contribution in [1.29, 1.82) is 0 Å². The number of hydrogen-bond donors (Lipinski definition) is 1. The van der Waals surface area contributed by atoms with Gasteiger partial charge >= 0.3 is 0 Å². The Bertz CT molecular complexity index is 1010. The second-order valence-corrected chi connectivity index (χ2v) is 6.56. The minimum absolute atomic E-state index is 0.363. The van der Waals surface area contributed by atoms with Gasteiger partial charge < -0.3 is 9.55 Å². The molecule has 0 amide bonds. The summed E-state index contributed by atoms with van der Waals surface area (Å²) in [6.45, 7) is 3.01. The summed E-state index contributed by atoms with van der Waals surface area (Å²) in [6, 6.07) is 5.53. The third-order valence-electron chi connectivity index (χ3n) is 4.13. The number of nitrogens with zero attached hydrogens (tertiary/aromatic N) is 5. The summed E-state index contributed by atoms with van der Waals surface area (Å²) in [7, 11) is 0. The van der Waals surface area contributed by atoms with Crippen LogP contribution in [0.15, 0.2) is 49.3 Å². The first-order valence-corrected chi connectivity index (χ1v) is 8.48. The van der Waals surface area contributed by atoms with Crippen molar-refractivity contribution in [2.45, 2.75) is 19.9 Å². The molecule has 6 nitrogen and oxygen atoms in total. The SMILES string of the molecule is CC(Cc1nccc2[nH]cnc12)Cn1ccnc1-c1cc(Cl)ccn1. The van der Waals surface area contributed by atoms with Crippen molar-refractivity contribution in [3.8, 4) is 11.5 Å². The summed E-state index contributed by atoms with van der Waals surface area (Å²) in [5.41, 5.74) is 3.74. The number of aromatic nitrogens is 6. The Hall–Kier alpha value is -2.73. The van der Waals surface area contributed by atoms with Gasteiger partial charge in [0.1, 0.15) is 11.2 Å². The topological polar surface area (TPSA) is 72.3 Å². The van der Waals surface area contributed by atoms with Crippen LogP contribution in [0.1, 0.15) is 12.6 Å². The molecule has 4 aromatic heterocycles. The van der Waals surface area contributed by atoms with Gasteiger partial charge in [-0.2, -0.15) is 0 Å². The van der Waals surface area contributed by atoms with Crippen LogP contribution < -0.4 is 0 Å². The molecule has 0 aliphatic heterocycles. The minimum Gasteiger partial charge on any atom is -0.344 e. The molecule has 0 radical (unpaired) electrons. The van der Waals surface area contributed by atoms with Gasteiger partial charge in [-0.25, -0.2) is 9.97 Å². The molecule has 0 saturated heterocycles. The van der Waals surface area contributed by atoms with E-state index in [4.69, 9.17) is 11.6 Å². The predicted octanol–water partition coefficient (Wildman–Crippen LogP) is 3.75. The van der Waals surface area contributed by atoms with Gasteiger partial charge in [0.25, 0.3) is 0 Å². The molecular formula is C18H17ClN6. The molecule has 1 atom stereocenters. The van der Waals surface area contributed by atoms with Crippen molar-refractivity contribution < 1.29 is 0 Å². The maximum absolute atomic E-state index is 6.08. The third-order valence-corrected chi connectivity index (χ3v) is 4.37. The summed E-state index contributed by atoms with van der Waals surface area (Å²) in [6.07, 6.45) is 9.82. The summed E-state index contributed by atoms with van der Waals surface area (Å²) < 4.78 is 2.11. The lowest BCUT2D eigenvalue weighted by Gasteiger charge is -2.14. The van der Waals surface area contributed by atoms with Crippen LogP contribution in [-0.2, 0) is 13.0 Å². The molecule has 0 bridgehead atoms. The molecule has 25 heavy (non-hydrogen) atoms. The van der Waals surface area contributed by atoms with Gasteiger partial charge in [0.2, 0.25) is 0 Å². The molecule has 4 aromatic rings. The Morgan fingerprint density at radius 2 is 2.00 bits per heavy atom. The van der Waals surface area contributed by atoms with Crippen molar-refractivity contribution in [2.24, 2.45) is 5.92 Å². The molecule has 7 heteroatoms. The first-order valence-electron chi connectivity index (χ1n) is 8.11. The highest BCUT2D eigenvalue weighted by Crippen LogP contribution is 2.21. The molecule has 4 heterocycles. The number of aromatic amines is 1. The first-order chi connectivity index (χ1) is 12.2. The molecular weight excluding hydrogens is 336 g/mol. The van der Waals surface area contributed by atoms with Gasteiger partial charge in [-0.3, -0.25) is 9.97 Å². The third kappa shape index (κ3) is 3.25. The zero-order chi connectivity index (χ0) is 17.2. The van der Waals surface area contributed by atoms with E-state index in [2.05, 4.69) is 36.4 Å². The van der Waals surface area contributed by atoms with Crippen molar-refractivity contribution in [1.82, 2.24) is 29.5 Å². The Balaban J connectivity index is 1.55. The normalized spacial score (nSPS) is 12.6. The first kappa shape index (κ1) is 15.8. The van der Waals surface area contributed by atoms with Crippen LogP contribution in [0.3, 0.4) is 0 Å². The molecule has 126 valence electrons. The molecule has 0 saturated carbocycles. The standard InChI is InChI=1S/C18H17ClN6/c1-12(8-15-17-14(3-5-20-15)23-11-24-17)10-25-7-6-22-18(25)16-9-13(19)2-4-21-16/h2-7,9,11-12H,8,10H2,1H3,(H,23,24). The van der Waals surface area contributed by atoms with Crippen molar-refractivity contribution in [2.75, 3.05) is 0 Å². The number of imidazole rings is 2. The largest absolute Gasteiger partial charge is 0.344 e. The highest BCUT2D eigenvalue weighted by molar-refractivity contribution is 6.30. The van der Waals surface area contributed by atoms with E-state index in [1.165, 1.54) is 0 Å². The van der Waals surface area contributed by atoms with Gasteiger partial charge in [-0.05, 0) is 30.5 Å². The molecule has 0 aliphatic carbocycles. The van der Waals surface area contributed by atoms with Crippen LogP contribution in [0, 0.1) is 5.92 Å². The highest BCUT2D eigenvalue weighted by atomic mass is 35.5. The molecule has 0 spiro atoms. The van der Waals surface area contributed by atoms with E-state index in [1.807, 2.05) is 24.5 Å². The Kier molecular flexibility index (Phi) is 4.19. The van der Waals surface area contributed by atoms with Crippen LogP contribution in [0.25, 0.3) is 22.6 Å².